The quantitative estimate of drug-likeness (QED) is 0.114. The van der Waals surface area contributed by atoms with Crippen molar-refractivity contribution >= 4 is 52.5 Å². The number of unbranched alkanes of at least 4 members (excludes halogenated alkanes) is 1. The van der Waals surface area contributed by atoms with Crippen molar-refractivity contribution in [3.8, 4) is 11.1 Å². The molecule has 69 heavy (non-hydrogen) atoms. The third-order valence-corrected chi connectivity index (χ3v) is 14.7. The molecule has 8 heterocycles. The van der Waals surface area contributed by atoms with E-state index in [-0.39, 0.29) is 53.7 Å². The van der Waals surface area contributed by atoms with Gasteiger partial charge in [-0.05, 0) is 110 Å². The number of pyridine rings is 3. The van der Waals surface area contributed by atoms with Crippen LogP contribution in [0.2, 0.25) is 0 Å². The molecular formula is C52H58N10O7. The monoisotopic (exact) mass is 934 g/mol. The van der Waals surface area contributed by atoms with Crippen molar-refractivity contribution in [1.82, 2.24) is 34.2 Å². The first-order valence-corrected chi connectivity index (χ1v) is 24.0. The smallest absolute Gasteiger partial charge is 0.276 e. The van der Waals surface area contributed by atoms with Crippen LogP contribution in [-0.4, -0.2) is 102 Å². The summed E-state index contributed by atoms with van der Waals surface area (Å²) in [6.07, 6.45) is 10.1. The Kier molecular flexibility index (Phi) is 11.9. The zero-order valence-electron chi connectivity index (χ0n) is 39.6. The number of aliphatic hydroxyl groups is 1. The standard InChI is InChI=1S/C52H58N10O7/c1-31-27-58(46(65)11-6-5-8-32-9-7-10-37-38(32)29-62(49(37)67)41-13-15-45(64)56-48(41)66)18-19-59(31)35-12-14-44(54-26-35)55-40-22-34(28-57(4)50(40)68)36-16-17-53-47(39(36)30-63)61-21-20-60-42(51(61)69)23-33-24-52(2,3)25-43(33)60/h7,9-10,12,14,16-17,22-23,26,28,31,41,63H,5-6,8,11,13,15,18-21,24-25,27,29-30H2,1-4H3,(H,54,55)(H,56,64,66)/t31-,41?/m0/s1. The van der Waals surface area contributed by atoms with E-state index in [1.54, 1.807) is 53.6 Å². The first kappa shape index (κ1) is 45.6. The fourth-order valence-electron chi connectivity index (χ4n) is 11.2. The van der Waals surface area contributed by atoms with Crippen molar-refractivity contribution in [1.29, 1.82) is 0 Å². The van der Waals surface area contributed by atoms with Gasteiger partial charge in [-0.2, -0.15) is 0 Å². The fourth-order valence-corrected chi connectivity index (χ4v) is 11.2. The number of piperazine rings is 1. The third kappa shape index (κ3) is 8.57. The molecule has 0 radical (unpaired) electrons. The Balaban J connectivity index is 0.743. The first-order chi connectivity index (χ1) is 33.2. The number of nitrogens with zero attached hydrogens (tertiary/aromatic N) is 8. The zero-order chi connectivity index (χ0) is 48.3. The van der Waals surface area contributed by atoms with Crippen LogP contribution in [0, 0.1) is 5.41 Å². The van der Waals surface area contributed by atoms with Crippen LogP contribution in [0.25, 0.3) is 11.1 Å². The molecule has 1 unspecified atom stereocenters. The summed E-state index contributed by atoms with van der Waals surface area (Å²) < 4.78 is 3.63. The summed E-state index contributed by atoms with van der Waals surface area (Å²) in [7, 11) is 1.67. The molecule has 2 saturated heterocycles. The molecule has 2 fully saturated rings. The highest BCUT2D eigenvalue weighted by Crippen LogP contribution is 2.40. The molecular weight excluding hydrogens is 877 g/mol. The van der Waals surface area contributed by atoms with Gasteiger partial charge in [-0.25, -0.2) is 9.97 Å². The number of imide groups is 1. The van der Waals surface area contributed by atoms with E-state index in [4.69, 9.17) is 0 Å². The highest BCUT2D eigenvalue weighted by molar-refractivity contribution is 6.07. The lowest BCUT2D eigenvalue weighted by atomic mass is 9.90. The molecule has 5 aromatic rings. The largest absolute Gasteiger partial charge is 0.392 e. The number of rotatable bonds is 12. The van der Waals surface area contributed by atoms with Crippen LogP contribution < -0.4 is 26.0 Å². The lowest BCUT2D eigenvalue weighted by molar-refractivity contribution is -0.137. The number of piperidine rings is 1. The number of aryl methyl sites for hydroxylation is 2. The van der Waals surface area contributed by atoms with Crippen molar-refractivity contribution in [2.45, 2.75) is 104 Å². The Hall–Kier alpha value is -7.14. The molecule has 1 aliphatic carbocycles. The van der Waals surface area contributed by atoms with E-state index in [0.717, 1.165) is 36.1 Å². The highest BCUT2D eigenvalue weighted by atomic mass is 16.3. The molecule has 10 rings (SSSR count). The van der Waals surface area contributed by atoms with Crippen LogP contribution in [0.4, 0.5) is 23.0 Å². The number of benzene rings is 1. The number of fused-ring (bicyclic) bond motifs is 4. The van der Waals surface area contributed by atoms with Crippen LogP contribution in [0.15, 0.2) is 71.9 Å². The van der Waals surface area contributed by atoms with Gasteiger partial charge in [-0.3, -0.25) is 39.0 Å². The third-order valence-electron chi connectivity index (χ3n) is 14.7. The first-order valence-electron chi connectivity index (χ1n) is 24.0. The van der Waals surface area contributed by atoms with Gasteiger partial charge in [0.2, 0.25) is 17.7 Å². The number of carbonyl (C=O) groups is 5. The maximum Gasteiger partial charge on any atom is 0.276 e. The average Bonchev–Trinajstić information content (AvgIpc) is 3.96. The van der Waals surface area contributed by atoms with E-state index in [9.17, 15) is 33.9 Å². The predicted octanol–water partition coefficient (Wildman–Crippen LogP) is 4.88. The maximum atomic E-state index is 14.0. The van der Waals surface area contributed by atoms with Gasteiger partial charge in [0.15, 0.2) is 0 Å². The number of hydrogen-bond acceptors (Lipinski definition) is 11. The number of amides is 5. The average molecular weight is 935 g/mol. The predicted molar refractivity (Wildman–Crippen MR) is 259 cm³/mol. The normalized spacial score (nSPS) is 19.7. The minimum absolute atomic E-state index is 0.0360. The summed E-state index contributed by atoms with van der Waals surface area (Å²) in [5.74, 6) is -0.0807. The van der Waals surface area contributed by atoms with E-state index in [0.29, 0.717) is 110 Å². The van der Waals surface area contributed by atoms with E-state index < -0.39 is 11.9 Å². The molecule has 5 amide bonds. The van der Waals surface area contributed by atoms with Gasteiger partial charge in [0.25, 0.3) is 17.4 Å². The van der Waals surface area contributed by atoms with Crippen LogP contribution in [-0.2, 0) is 60.4 Å². The van der Waals surface area contributed by atoms with Crippen molar-refractivity contribution in [2.24, 2.45) is 12.5 Å². The highest BCUT2D eigenvalue weighted by Gasteiger charge is 2.41. The van der Waals surface area contributed by atoms with Crippen molar-refractivity contribution in [2.75, 3.05) is 41.3 Å². The molecule has 4 aromatic heterocycles. The summed E-state index contributed by atoms with van der Waals surface area (Å²) in [5, 5.41) is 16.3. The summed E-state index contributed by atoms with van der Waals surface area (Å²) in [5.41, 5.74) is 8.59. The van der Waals surface area contributed by atoms with Crippen molar-refractivity contribution in [3.63, 3.8) is 0 Å². The second-order valence-corrected chi connectivity index (χ2v) is 20.0. The van der Waals surface area contributed by atoms with Crippen molar-refractivity contribution < 1.29 is 29.1 Å². The van der Waals surface area contributed by atoms with Crippen LogP contribution in [0.3, 0.4) is 0 Å². The second-order valence-electron chi connectivity index (χ2n) is 20.0. The second kappa shape index (κ2) is 18.1. The number of carbonyl (C=O) groups excluding carboxylic acids is 5. The SMILES string of the molecule is C[C@H]1CN(C(=O)CCCCc2cccc3c2CN(C2CCC(=O)NC2=O)C3=O)CCN1c1ccc(Nc2cc(-c3ccnc(N4CCn5c(cc6c5CC(C)(C)C6)C4=O)c3CO)cn(C)c2=O)nc1. The topological polar surface area (TPSA) is 195 Å². The lowest BCUT2D eigenvalue weighted by Gasteiger charge is -2.41. The Labute approximate surface area is 400 Å². The Morgan fingerprint density at radius 2 is 1.77 bits per heavy atom. The zero-order valence-corrected chi connectivity index (χ0v) is 39.6. The van der Waals surface area contributed by atoms with E-state index in [1.807, 2.05) is 35.2 Å². The van der Waals surface area contributed by atoms with E-state index in [1.165, 1.54) is 15.8 Å². The Morgan fingerprint density at radius 3 is 2.54 bits per heavy atom. The lowest BCUT2D eigenvalue weighted by Crippen LogP contribution is -2.53. The maximum absolute atomic E-state index is 14.0. The van der Waals surface area contributed by atoms with Crippen LogP contribution in [0.1, 0.15) is 102 Å². The van der Waals surface area contributed by atoms with Gasteiger partial charge >= 0.3 is 0 Å². The summed E-state index contributed by atoms with van der Waals surface area (Å²) in [6, 6.07) is 14.4. The Morgan fingerprint density at radius 1 is 0.928 bits per heavy atom. The summed E-state index contributed by atoms with van der Waals surface area (Å²) >= 11 is 0. The van der Waals surface area contributed by atoms with Crippen LogP contribution >= 0.6 is 0 Å². The molecule has 4 aliphatic heterocycles. The molecule has 1 aromatic carbocycles. The molecule has 0 bridgehead atoms. The number of hydrogen-bond donors (Lipinski definition) is 3. The number of aromatic nitrogens is 4. The summed E-state index contributed by atoms with van der Waals surface area (Å²) in [4.78, 5) is 95.0. The Bertz CT molecular complexity index is 2980. The molecule has 0 spiro atoms. The van der Waals surface area contributed by atoms with Gasteiger partial charge < -0.3 is 34.3 Å². The van der Waals surface area contributed by atoms with E-state index >= 15 is 0 Å². The van der Waals surface area contributed by atoms with Crippen LogP contribution in [0.5, 0.6) is 0 Å². The molecule has 17 heteroatoms. The molecule has 3 N–H and O–H groups in total. The molecule has 358 valence electrons. The molecule has 2 atom stereocenters. The van der Waals surface area contributed by atoms with Gasteiger partial charge in [0, 0.05) is 100.0 Å². The number of nitrogens with one attached hydrogen (secondary N) is 2. The number of anilines is 4. The molecule has 17 nitrogen and oxygen atoms in total. The van der Waals surface area contributed by atoms with Gasteiger partial charge in [-0.1, -0.05) is 26.0 Å². The number of aliphatic hydroxyl groups excluding tert-OH is 1. The summed E-state index contributed by atoms with van der Waals surface area (Å²) in [6.45, 7) is 9.41. The van der Waals surface area contributed by atoms with Gasteiger partial charge in [-0.15, -0.1) is 0 Å². The van der Waals surface area contributed by atoms with Gasteiger partial charge in [0.1, 0.15) is 29.1 Å². The van der Waals surface area contributed by atoms with Crippen molar-refractivity contribution in [3.05, 3.63) is 117 Å². The van der Waals surface area contributed by atoms with Gasteiger partial charge in [0.05, 0.1) is 18.5 Å². The molecule has 0 saturated carbocycles. The van der Waals surface area contributed by atoms with E-state index in [2.05, 4.69) is 50.8 Å². The molecule has 5 aliphatic rings. The fraction of sp³-hybridized carbons (Fsp3) is 0.423. The minimum atomic E-state index is -0.656. The minimum Gasteiger partial charge on any atom is -0.392 e.